The molecule has 4 aliphatic rings. The second-order valence-corrected chi connectivity index (χ2v) is 20.7. The number of Topliss-reactive ketones (excluding diaryl/α,β-unsaturated/α-hetero) is 2. The molecule has 6 rings (SSSR count). The third-order valence-electron chi connectivity index (χ3n) is 15.9. The Labute approximate surface area is 410 Å². The number of ketones is 2. The van der Waals surface area contributed by atoms with Gasteiger partial charge in [-0.05, 0) is 127 Å². The molecule has 69 heavy (non-hydrogen) atoms. The lowest BCUT2D eigenvalue weighted by atomic mass is 9.80. The van der Waals surface area contributed by atoms with Crippen molar-refractivity contribution >= 4 is 40.0 Å². The molecule has 14 nitrogen and oxygen atoms in total. The summed E-state index contributed by atoms with van der Waals surface area (Å²) in [7, 11) is 6.93. The first-order valence-electron chi connectivity index (χ1n) is 25.4. The van der Waals surface area contributed by atoms with Crippen LogP contribution in [0.1, 0.15) is 112 Å². The maximum atomic E-state index is 14.6. The van der Waals surface area contributed by atoms with Crippen LogP contribution in [-0.4, -0.2) is 133 Å². The number of esters is 1. The number of nitrogens with zero attached hydrogens (tertiary/aromatic N) is 3. The highest BCUT2D eigenvalue weighted by Gasteiger charge is 2.56. The summed E-state index contributed by atoms with van der Waals surface area (Å²) in [6.07, 6.45) is 8.73. The molecule has 14 atom stereocenters. The Morgan fingerprint density at radius 2 is 1.67 bits per heavy atom. The minimum atomic E-state index is -2.51. The zero-order valence-electron chi connectivity index (χ0n) is 42.9. The monoisotopic (exact) mass is 960 g/mol. The minimum Gasteiger partial charge on any atom is -0.456 e. The van der Waals surface area contributed by atoms with Gasteiger partial charge in [-0.1, -0.05) is 44.6 Å². The Balaban J connectivity index is 1.32. The Hall–Kier alpha value is -4.18. The van der Waals surface area contributed by atoms with Crippen LogP contribution in [0.25, 0.3) is 10.9 Å². The highest BCUT2D eigenvalue weighted by molar-refractivity contribution is 6.39. The van der Waals surface area contributed by atoms with Crippen molar-refractivity contribution in [2.24, 2.45) is 29.6 Å². The predicted octanol–water partition coefficient (Wildman–Crippen LogP) is 7.76. The second kappa shape index (κ2) is 23.8. The number of aromatic nitrogens is 1. The van der Waals surface area contributed by atoms with Crippen LogP contribution >= 0.6 is 0 Å². The van der Waals surface area contributed by atoms with Gasteiger partial charge in [0.1, 0.15) is 24.0 Å². The molecule has 1 aromatic carbocycles. The third kappa shape index (κ3) is 12.1. The first-order valence-corrected chi connectivity index (χ1v) is 25.4. The lowest BCUT2D eigenvalue weighted by molar-refractivity contribution is -0.302. The van der Waals surface area contributed by atoms with Gasteiger partial charge >= 0.3 is 5.97 Å². The van der Waals surface area contributed by atoms with Crippen LogP contribution in [0.15, 0.2) is 66.4 Å². The number of methoxy groups -OCH3 is 3. The van der Waals surface area contributed by atoms with Crippen LogP contribution in [0.3, 0.4) is 0 Å². The van der Waals surface area contributed by atoms with Gasteiger partial charge in [0.05, 0.1) is 30.5 Å². The van der Waals surface area contributed by atoms with Gasteiger partial charge in [0.25, 0.3) is 11.7 Å². The van der Waals surface area contributed by atoms with E-state index in [1.54, 1.807) is 27.0 Å². The van der Waals surface area contributed by atoms with E-state index in [2.05, 4.69) is 73.5 Å². The van der Waals surface area contributed by atoms with Gasteiger partial charge in [-0.25, -0.2) is 4.79 Å². The number of rotatable bonds is 10. The summed E-state index contributed by atoms with van der Waals surface area (Å²) in [6.45, 7) is 16.4. The molecule has 0 spiro atoms. The number of fused-ring (bicyclic) bond motifs is 4. The molecule has 2 N–H and O–H groups in total. The fourth-order valence-corrected chi connectivity index (χ4v) is 11.7. The summed E-state index contributed by atoms with van der Waals surface area (Å²) in [5, 5.41) is 25.3. The largest absolute Gasteiger partial charge is 0.456 e. The molecule has 2 bridgehead atoms. The van der Waals surface area contributed by atoms with Gasteiger partial charge < -0.3 is 48.3 Å². The number of aliphatic hydroxyl groups excluding tert-OH is 1. The molecule has 14 unspecified atom stereocenters. The van der Waals surface area contributed by atoms with Crippen molar-refractivity contribution in [3.05, 3.63) is 66.4 Å². The first kappa shape index (κ1) is 54.2. The Bertz CT molecular complexity index is 2180. The Morgan fingerprint density at radius 1 is 0.957 bits per heavy atom. The number of carbonyl (C=O) groups excluding carboxylic acids is 4. The van der Waals surface area contributed by atoms with Crippen LogP contribution in [0.5, 0.6) is 0 Å². The Morgan fingerprint density at radius 3 is 2.35 bits per heavy atom. The van der Waals surface area contributed by atoms with Crippen LogP contribution in [0.4, 0.5) is 5.69 Å². The topological polar surface area (TPSA) is 166 Å². The molecule has 3 aliphatic heterocycles. The number of cyclic esters (lactones) is 1. The van der Waals surface area contributed by atoms with E-state index in [1.165, 1.54) is 30.0 Å². The van der Waals surface area contributed by atoms with E-state index in [0.717, 1.165) is 30.6 Å². The second-order valence-electron chi connectivity index (χ2n) is 20.7. The summed E-state index contributed by atoms with van der Waals surface area (Å²) in [4.78, 5) is 61.2. The average Bonchev–Trinajstić information content (AvgIpc) is 3.76. The number of aryl methyl sites for hydroxylation is 1. The van der Waals surface area contributed by atoms with Crippen molar-refractivity contribution in [2.45, 2.75) is 173 Å². The standard InChI is InChI=1S/C55H81N3O11/c1-12-16-40-26-33(3)25-34(4)27-48(66-10)51-49(67-11)29-36(6)55(64,69-51)52(61)53(62)58-23-15-14-17-44(58)54(63)68-50(37(7)45(59)32-46(40)60)35(5)28-38-18-20-43(47(30-38)65-9)56(8)41-19-21-42-39(31-41)22-24-57(42)13-2/h12,19,21-22,24,26,28,31,34,36-38,40,43-45,47-51,59,64H,1,13-18,20,23,25,27,29-30,32H2,2-11H3/b33-26+,35-28?. The van der Waals surface area contributed by atoms with E-state index in [1.807, 2.05) is 19.9 Å². The molecular formula is C55H81N3O11. The van der Waals surface area contributed by atoms with Gasteiger partial charge in [0, 0.05) is 88.4 Å². The fraction of sp³-hybridized carbons (Fsp3) is 0.673. The van der Waals surface area contributed by atoms with E-state index in [4.69, 9.17) is 23.7 Å². The van der Waals surface area contributed by atoms with Gasteiger partial charge in [0.15, 0.2) is 0 Å². The SMILES string of the molecule is C=CCC1/C=C(\C)CC(C)CC(OC)C2OC(O)(C(=O)C(=O)N3CCCCC3C(=O)OC(C(C)=CC3CCC(N(C)c4ccc5c(ccn5CC)c4)C(OC)C3)C(C)C(O)CC1=O)C(C)CC2OC. The highest BCUT2D eigenvalue weighted by atomic mass is 16.7. The van der Waals surface area contributed by atoms with Crippen molar-refractivity contribution in [1.82, 2.24) is 9.47 Å². The fourth-order valence-electron chi connectivity index (χ4n) is 11.7. The number of aliphatic hydroxyl groups is 2. The molecule has 1 aromatic heterocycles. The number of carbonyl (C=O) groups is 4. The molecule has 14 heteroatoms. The number of benzene rings is 1. The Kier molecular flexibility index (Phi) is 18.7. The van der Waals surface area contributed by atoms with Crippen LogP contribution in [-0.2, 0) is 49.4 Å². The van der Waals surface area contributed by atoms with Crippen molar-refractivity contribution in [2.75, 3.05) is 39.8 Å². The number of anilines is 1. The molecule has 3 fully saturated rings. The van der Waals surface area contributed by atoms with Crippen LogP contribution < -0.4 is 4.90 Å². The molecule has 1 aliphatic carbocycles. The molecule has 2 aromatic rings. The molecular weight excluding hydrogens is 879 g/mol. The van der Waals surface area contributed by atoms with Crippen molar-refractivity contribution in [3.63, 3.8) is 0 Å². The lowest BCUT2D eigenvalue weighted by Gasteiger charge is -2.47. The number of piperidine rings is 1. The van der Waals surface area contributed by atoms with Gasteiger partial charge in [-0.3, -0.25) is 14.4 Å². The number of likely N-dealkylation sites (N-methyl/N-ethyl adjacent to an activating group) is 1. The molecule has 1 amide bonds. The van der Waals surface area contributed by atoms with E-state index in [-0.39, 0.29) is 55.6 Å². The number of allylic oxidation sites excluding steroid dienone is 4. The lowest BCUT2D eigenvalue weighted by Crippen LogP contribution is -2.64. The number of hydrogen-bond acceptors (Lipinski definition) is 12. The van der Waals surface area contributed by atoms with E-state index >= 15 is 0 Å². The summed E-state index contributed by atoms with van der Waals surface area (Å²) >= 11 is 0. The van der Waals surface area contributed by atoms with E-state index in [9.17, 15) is 29.4 Å². The minimum absolute atomic E-state index is 0.00795. The number of amides is 1. The summed E-state index contributed by atoms with van der Waals surface area (Å²) in [6, 6.07) is 7.68. The molecule has 0 radical (unpaired) electrons. The summed E-state index contributed by atoms with van der Waals surface area (Å²) < 4.78 is 33.0. The quantitative estimate of drug-likeness (QED) is 0.135. The predicted molar refractivity (Wildman–Crippen MR) is 266 cm³/mol. The van der Waals surface area contributed by atoms with Gasteiger partial charge in [0.2, 0.25) is 5.79 Å². The maximum Gasteiger partial charge on any atom is 0.329 e. The van der Waals surface area contributed by atoms with Crippen LogP contribution in [0, 0.1) is 29.6 Å². The van der Waals surface area contributed by atoms with Crippen molar-refractivity contribution < 1.29 is 53.1 Å². The van der Waals surface area contributed by atoms with Crippen molar-refractivity contribution in [3.8, 4) is 0 Å². The van der Waals surface area contributed by atoms with Crippen molar-refractivity contribution in [1.29, 1.82) is 0 Å². The maximum absolute atomic E-state index is 14.6. The number of hydrogen-bond donors (Lipinski definition) is 2. The van der Waals surface area contributed by atoms with Crippen LogP contribution in [0.2, 0.25) is 0 Å². The first-order chi connectivity index (χ1) is 32.9. The molecule has 4 heterocycles. The molecule has 2 saturated heterocycles. The van der Waals surface area contributed by atoms with Gasteiger partial charge in [-0.15, -0.1) is 6.58 Å². The van der Waals surface area contributed by atoms with E-state index < -0.39 is 77.8 Å². The third-order valence-corrected chi connectivity index (χ3v) is 15.9. The van der Waals surface area contributed by atoms with E-state index in [0.29, 0.717) is 44.1 Å². The zero-order valence-corrected chi connectivity index (χ0v) is 42.9. The normalized spacial score (nSPS) is 35.9. The summed E-state index contributed by atoms with van der Waals surface area (Å²) in [5.74, 6) is -7.64. The summed E-state index contributed by atoms with van der Waals surface area (Å²) in [5.41, 5.74) is 3.99. The molecule has 1 saturated carbocycles. The number of ether oxygens (including phenoxy) is 5. The zero-order chi connectivity index (χ0) is 50.3. The smallest absolute Gasteiger partial charge is 0.329 e. The van der Waals surface area contributed by atoms with Gasteiger partial charge in [-0.2, -0.15) is 0 Å². The molecule has 382 valence electrons. The average molecular weight is 960 g/mol. The highest BCUT2D eigenvalue weighted by Crippen LogP contribution is 2.40.